The van der Waals surface area contributed by atoms with E-state index in [9.17, 15) is 0 Å². The number of fused-ring (bicyclic) bond motifs is 1. The standard InChI is InChI=1S/C15H20N2O/c1-10-4-3-5-13(11(10)2)17-15-12-7-9-18-14(12)6-8-16-15/h6-11,13H,3-5H2,1-2H3,(H,16,17). The Morgan fingerprint density at radius 1 is 1.28 bits per heavy atom. The Bertz CT molecular complexity index is 534. The molecule has 2 heterocycles. The molecule has 0 aromatic carbocycles. The van der Waals surface area contributed by atoms with E-state index in [-0.39, 0.29) is 0 Å². The summed E-state index contributed by atoms with van der Waals surface area (Å²) in [6.45, 7) is 4.70. The van der Waals surface area contributed by atoms with Gasteiger partial charge in [-0.3, -0.25) is 0 Å². The highest BCUT2D eigenvalue weighted by Gasteiger charge is 2.27. The Kier molecular flexibility index (Phi) is 2.98. The fraction of sp³-hybridized carbons (Fsp3) is 0.533. The van der Waals surface area contributed by atoms with Crippen molar-refractivity contribution in [3.8, 4) is 0 Å². The lowest BCUT2D eigenvalue weighted by atomic mass is 9.78. The summed E-state index contributed by atoms with van der Waals surface area (Å²) in [5.74, 6) is 2.45. The molecule has 0 saturated heterocycles. The van der Waals surface area contributed by atoms with Crippen LogP contribution in [-0.4, -0.2) is 11.0 Å². The smallest absolute Gasteiger partial charge is 0.139 e. The zero-order valence-corrected chi connectivity index (χ0v) is 11.0. The van der Waals surface area contributed by atoms with E-state index in [4.69, 9.17) is 4.42 Å². The second kappa shape index (κ2) is 4.63. The molecule has 0 bridgehead atoms. The molecule has 1 saturated carbocycles. The van der Waals surface area contributed by atoms with Crippen LogP contribution in [0.2, 0.25) is 0 Å². The van der Waals surface area contributed by atoms with E-state index in [0.717, 1.165) is 22.7 Å². The summed E-state index contributed by atoms with van der Waals surface area (Å²) in [6, 6.07) is 4.43. The van der Waals surface area contributed by atoms with Gasteiger partial charge in [-0.2, -0.15) is 0 Å². The molecular weight excluding hydrogens is 224 g/mol. The molecule has 0 aliphatic heterocycles. The van der Waals surface area contributed by atoms with Crippen LogP contribution in [0.1, 0.15) is 33.1 Å². The van der Waals surface area contributed by atoms with Crippen molar-refractivity contribution in [1.29, 1.82) is 0 Å². The lowest BCUT2D eigenvalue weighted by Crippen LogP contribution is -2.35. The van der Waals surface area contributed by atoms with Gasteiger partial charge in [0.15, 0.2) is 0 Å². The summed E-state index contributed by atoms with van der Waals surface area (Å²) in [5.41, 5.74) is 0.906. The van der Waals surface area contributed by atoms with E-state index < -0.39 is 0 Å². The first-order chi connectivity index (χ1) is 8.75. The molecule has 0 spiro atoms. The van der Waals surface area contributed by atoms with Crippen LogP contribution in [0.5, 0.6) is 0 Å². The predicted octanol–water partition coefficient (Wildman–Crippen LogP) is 4.06. The van der Waals surface area contributed by atoms with E-state index in [1.54, 1.807) is 6.26 Å². The van der Waals surface area contributed by atoms with E-state index in [1.807, 2.05) is 18.3 Å². The lowest BCUT2D eigenvalue weighted by molar-refractivity contribution is 0.253. The lowest BCUT2D eigenvalue weighted by Gasteiger charge is -2.35. The summed E-state index contributed by atoms with van der Waals surface area (Å²) in [4.78, 5) is 4.46. The number of furan rings is 1. The number of hydrogen-bond donors (Lipinski definition) is 1. The fourth-order valence-corrected chi connectivity index (χ4v) is 2.97. The Hall–Kier alpha value is -1.51. The minimum atomic E-state index is 0.529. The van der Waals surface area contributed by atoms with Crippen molar-refractivity contribution < 1.29 is 4.42 Å². The van der Waals surface area contributed by atoms with Gasteiger partial charge in [0.25, 0.3) is 0 Å². The molecule has 2 aromatic heterocycles. The van der Waals surface area contributed by atoms with Gasteiger partial charge in [-0.05, 0) is 30.4 Å². The summed E-state index contributed by atoms with van der Waals surface area (Å²) >= 11 is 0. The van der Waals surface area contributed by atoms with Crippen LogP contribution in [0.15, 0.2) is 29.0 Å². The van der Waals surface area contributed by atoms with Crippen LogP contribution >= 0.6 is 0 Å². The maximum atomic E-state index is 5.42. The molecule has 2 aromatic rings. The average Bonchev–Trinajstić information content (AvgIpc) is 2.84. The normalized spacial score (nSPS) is 28.4. The van der Waals surface area contributed by atoms with Crippen molar-refractivity contribution in [2.45, 2.75) is 39.2 Å². The fourth-order valence-electron chi connectivity index (χ4n) is 2.97. The quantitative estimate of drug-likeness (QED) is 0.865. The van der Waals surface area contributed by atoms with Gasteiger partial charge in [0.05, 0.1) is 11.6 Å². The first-order valence-corrected chi connectivity index (χ1v) is 6.84. The highest BCUT2D eigenvalue weighted by molar-refractivity contribution is 5.87. The molecule has 1 fully saturated rings. The van der Waals surface area contributed by atoms with Gasteiger partial charge in [-0.1, -0.05) is 26.7 Å². The van der Waals surface area contributed by atoms with Gasteiger partial charge >= 0.3 is 0 Å². The number of aromatic nitrogens is 1. The summed E-state index contributed by atoms with van der Waals surface area (Å²) in [6.07, 6.45) is 7.43. The highest BCUT2D eigenvalue weighted by Crippen LogP contribution is 2.32. The SMILES string of the molecule is CC1CCCC(Nc2nccc3occc23)C1C. The second-order valence-corrected chi connectivity index (χ2v) is 5.51. The molecule has 1 N–H and O–H groups in total. The van der Waals surface area contributed by atoms with Crippen molar-refractivity contribution in [2.75, 3.05) is 5.32 Å². The number of nitrogens with one attached hydrogen (secondary N) is 1. The summed E-state index contributed by atoms with van der Waals surface area (Å²) in [5, 5.41) is 4.71. The third-order valence-corrected chi connectivity index (χ3v) is 4.41. The molecule has 18 heavy (non-hydrogen) atoms. The van der Waals surface area contributed by atoms with Crippen molar-refractivity contribution in [1.82, 2.24) is 4.98 Å². The largest absolute Gasteiger partial charge is 0.464 e. The first kappa shape index (κ1) is 11.6. The van der Waals surface area contributed by atoms with E-state index >= 15 is 0 Å². The minimum absolute atomic E-state index is 0.529. The first-order valence-electron chi connectivity index (χ1n) is 6.84. The third kappa shape index (κ3) is 1.98. The van der Waals surface area contributed by atoms with Crippen molar-refractivity contribution in [2.24, 2.45) is 11.8 Å². The van der Waals surface area contributed by atoms with E-state index in [1.165, 1.54) is 19.3 Å². The number of rotatable bonds is 2. The van der Waals surface area contributed by atoms with Crippen LogP contribution in [0.3, 0.4) is 0 Å². The van der Waals surface area contributed by atoms with Gasteiger partial charge in [0.2, 0.25) is 0 Å². The van der Waals surface area contributed by atoms with Crippen LogP contribution in [0, 0.1) is 11.8 Å². The highest BCUT2D eigenvalue weighted by atomic mass is 16.3. The maximum Gasteiger partial charge on any atom is 0.139 e. The molecule has 1 aliphatic rings. The molecule has 3 nitrogen and oxygen atoms in total. The molecule has 3 rings (SSSR count). The Morgan fingerprint density at radius 3 is 3.06 bits per heavy atom. The molecule has 96 valence electrons. The molecule has 3 heteroatoms. The van der Waals surface area contributed by atoms with Gasteiger partial charge < -0.3 is 9.73 Å². The molecule has 0 amide bonds. The van der Waals surface area contributed by atoms with Gasteiger partial charge in [-0.25, -0.2) is 4.98 Å². The number of anilines is 1. The second-order valence-electron chi connectivity index (χ2n) is 5.51. The Morgan fingerprint density at radius 2 is 2.17 bits per heavy atom. The van der Waals surface area contributed by atoms with Crippen LogP contribution in [-0.2, 0) is 0 Å². The molecule has 3 unspecified atom stereocenters. The van der Waals surface area contributed by atoms with Gasteiger partial charge in [-0.15, -0.1) is 0 Å². The number of pyridine rings is 1. The Labute approximate surface area is 108 Å². The monoisotopic (exact) mass is 244 g/mol. The van der Waals surface area contributed by atoms with Crippen molar-refractivity contribution in [3.05, 3.63) is 24.6 Å². The Balaban J connectivity index is 1.85. The molecule has 3 atom stereocenters. The van der Waals surface area contributed by atoms with Crippen LogP contribution < -0.4 is 5.32 Å². The van der Waals surface area contributed by atoms with Gasteiger partial charge in [0.1, 0.15) is 11.4 Å². The predicted molar refractivity (Wildman–Crippen MR) is 73.6 cm³/mol. The van der Waals surface area contributed by atoms with Crippen molar-refractivity contribution >= 4 is 16.8 Å². The van der Waals surface area contributed by atoms with Gasteiger partial charge in [0, 0.05) is 12.2 Å². The third-order valence-electron chi connectivity index (χ3n) is 4.41. The number of nitrogens with zero attached hydrogens (tertiary/aromatic N) is 1. The summed E-state index contributed by atoms with van der Waals surface area (Å²) in [7, 11) is 0. The van der Waals surface area contributed by atoms with Crippen LogP contribution in [0.4, 0.5) is 5.82 Å². The minimum Gasteiger partial charge on any atom is -0.464 e. The van der Waals surface area contributed by atoms with Crippen LogP contribution in [0.25, 0.3) is 11.0 Å². The zero-order valence-electron chi connectivity index (χ0n) is 11.0. The maximum absolute atomic E-state index is 5.42. The zero-order chi connectivity index (χ0) is 12.5. The molecule has 0 radical (unpaired) electrons. The van der Waals surface area contributed by atoms with E-state index in [0.29, 0.717) is 12.0 Å². The summed E-state index contributed by atoms with van der Waals surface area (Å²) < 4.78 is 5.42. The topological polar surface area (TPSA) is 38.1 Å². The van der Waals surface area contributed by atoms with Crippen molar-refractivity contribution in [3.63, 3.8) is 0 Å². The number of hydrogen-bond acceptors (Lipinski definition) is 3. The molecule has 1 aliphatic carbocycles. The average molecular weight is 244 g/mol. The molecular formula is C15H20N2O. The van der Waals surface area contributed by atoms with E-state index in [2.05, 4.69) is 24.1 Å².